The Kier molecular flexibility index (Phi) is 5.93. The minimum atomic E-state index is -0.228. The summed E-state index contributed by atoms with van der Waals surface area (Å²) < 4.78 is 7.19. The molecule has 34 heavy (non-hydrogen) atoms. The molecular weight excluding hydrogens is 430 g/mol. The number of anilines is 2. The molecule has 0 spiro atoms. The Labute approximate surface area is 197 Å². The van der Waals surface area contributed by atoms with Gasteiger partial charge in [-0.05, 0) is 30.9 Å². The first-order valence-electron chi connectivity index (χ1n) is 11.5. The lowest BCUT2D eigenvalue weighted by molar-refractivity contribution is 0.102. The minimum Gasteiger partial charge on any atom is -0.481 e. The van der Waals surface area contributed by atoms with E-state index in [9.17, 15) is 4.79 Å². The van der Waals surface area contributed by atoms with Crippen LogP contribution in [0.5, 0.6) is 5.88 Å². The van der Waals surface area contributed by atoms with Gasteiger partial charge < -0.3 is 25.7 Å². The molecule has 1 aliphatic heterocycles. The zero-order valence-corrected chi connectivity index (χ0v) is 19.4. The molecule has 9 nitrogen and oxygen atoms in total. The number of fused-ring (bicyclic) bond motifs is 1. The first-order chi connectivity index (χ1) is 16.5. The van der Waals surface area contributed by atoms with Crippen LogP contribution in [0.1, 0.15) is 34.3 Å². The van der Waals surface area contributed by atoms with Crippen LogP contribution in [0.2, 0.25) is 0 Å². The second-order valence-corrected chi connectivity index (χ2v) is 8.77. The van der Waals surface area contributed by atoms with Crippen molar-refractivity contribution >= 4 is 28.3 Å². The summed E-state index contributed by atoms with van der Waals surface area (Å²) >= 11 is 0. The first kappa shape index (κ1) is 22.0. The average Bonchev–Trinajstić information content (AvgIpc) is 3.47. The Morgan fingerprint density at radius 1 is 1.35 bits per heavy atom. The van der Waals surface area contributed by atoms with Gasteiger partial charge in [0, 0.05) is 37.6 Å². The summed E-state index contributed by atoms with van der Waals surface area (Å²) in [6.07, 6.45) is 7.14. The van der Waals surface area contributed by atoms with Crippen molar-refractivity contribution in [1.29, 1.82) is 0 Å². The molecule has 0 aliphatic carbocycles. The van der Waals surface area contributed by atoms with Crippen LogP contribution < -0.4 is 20.7 Å². The lowest BCUT2D eigenvalue weighted by Crippen LogP contribution is -2.43. The molecule has 1 atom stereocenters. The quantitative estimate of drug-likeness (QED) is 0.408. The van der Waals surface area contributed by atoms with E-state index in [0.29, 0.717) is 29.3 Å². The molecule has 176 valence electrons. The monoisotopic (exact) mass is 459 g/mol. The number of pyridine rings is 1. The van der Waals surface area contributed by atoms with Crippen LogP contribution in [0, 0.1) is 6.92 Å². The second-order valence-electron chi connectivity index (χ2n) is 8.77. The molecule has 4 aromatic rings. The molecule has 0 unspecified atom stereocenters. The number of rotatable bonds is 6. The van der Waals surface area contributed by atoms with Gasteiger partial charge in [0.25, 0.3) is 5.91 Å². The fourth-order valence-corrected chi connectivity index (χ4v) is 4.50. The summed E-state index contributed by atoms with van der Waals surface area (Å²) in [4.78, 5) is 23.0. The maximum absolute atomic E-state index is 13.1. The number of carbonyl (C=O) groups is 1. The number of carbonyl (C=O) groups excluding carboxylic acids is 1. The number of hydrogen-bond acceptors (Lipinski definition) is 6. The van der Waals surface area contributed by atoms with E-state index >= 15 is 0 Å². The number of benzene rings is 1. The van der Waals surface area contributed by atoms with Crippen molar-refractivity contribution in [2.45, 2.75) is 32.4 Å². The van der Waals surface area contributed by atoms with Gasteiger partial charge in [-0.2, -0.15) is 10.1 Å². The van der Waals surface area contributed by atoms with Crippen molar-refractivity contribution in [2.24, 2.45) is 5.73 Å². The molecule has 0 bridgehead atoms. The molecule has 9 heteroatoms. The van der Waals surface area contributed by atoms with Crippen LogP contribution in [0.3, 0.4) is 0 Å². The zero-order valence-electron chi connectivity index (χ0n) is 19.4. The molecule has 4 heterocycles. The number of nitrogens with two attached hydrogens (primary N) is 1. The Balaban J connectivity index is 1.41. The summed E-state index contributed by atoms with van der Waals surface area (Å²) in [6.45, 7) is 4.31. The van der Waals surface area contributed by atoms with Crippen molar-refractivity contribution < 1.29 is 9.53 Å². The van der Waals surface area contributed by atoms with Crippen LogP contribution in [0.15, 0.2) is 48.9 Å². The van der Waals surface area contributed by atoms with Gasteiger partial charge in [-0.15, -0.1) is 0 Å². The van der Waals surface area contributed by atoms with Crippen molar-refractivity contribution in [3.63, 3.8) is 0 Å². The number of aromatic nitrogens is 4. The number of hydrogen-bond donors (Lipinski definition) is 3. The molecular formula is C25H29N7O2. The average molecular weight is 460 g/mol. The lowest BCUT2D eigenvalue weighted by Gasteiger charge is -2.33. The molecule has 4 N–H and O–H groups in total. The molecule has 1 saturated heterocycles. The van der Waals surface area contributed by atoms with Crippen molar-refractivity contribution in [2.75, 3.05) is 30.4 Å². The largest absolute Gasteiger partial charge is 0.481 e. The van der Waals surface area contributed by atoms with E-state index in [2.05, 4.69) is 44.3 Å². The van der Waals surface area contributed by atoms with Crippen LogP contribution in [-0.2, 0) is 6.54 Å². The van der Waals surface area contributed by atoms with Gasteiger partial charge in [0.05, 0.1) is 42.2 Å². The maximum Gasteiger partial charge on any atom is 0.258 e. The number of nitrogens with zero attached hydrogens (tertiary/aromatic N) is 4. The molecule has 0 saturated carbocycles. The van der Waals surface area contributed by atoms with Gasteiger partial charge in [0.2, 0.25) is 5.88 Å². The summed E-state index contributed by atoms with van der Waals surface area (Å²) in [5.74, 6) is 0.285. The molecule has 5 rings (SSSR count). The number of aryl methyl sites for hydroxylation is 1. The fourth-order valence-electron chi connectivity index (χ4n) is 4.50. The molecule has 1 aromatic carbocycles. The highest BCUT2D eigenvalue weighted by Gasteiger charge is 2.23. The first-order valence-corrected chi connectivity index (χ1v) is 11.5. The highest BCUT2D eigenvalue weighted by Crippen LogP contribution is 2.36. The Morgan fingerprint density at radius 2 is 2.21 bits per heavy atom. The highest BCUT2D eigenvalue weighted by molar-refractivity contribution is 6.11. The number of piperidine rings is 1. The van der Waals surface area contributed by atoms with Crippen LogP contribution in [-0.4, -0.2) is 51.9 Å². The van der Waals surface area contributed by atoms with Crippen molar-refractivity contribution in [3.8, 4) is 5.88 Å². The van der Waals surface area contributed by atoms with Gasteiger partial charge in [0.15, 0.2) is 0 Å². The summed E-state index contributed by atoms with van der Waals surface area (Å²) in [5, 5.41) is 8.26. The fraction of sp³-hybridized carbons (Fsp3) is 0.320. The Hall–Kier alpha value is -3.85. The predicted molar refractivity (Wildman–Crippen MR) is 133 cm³/mol. The summed E-state index contributed by atoms with van der Waals surface area (Å²) in [7, 11) is 1.60. The van der Waals surface area contributed by atoms with Crippen LogP contribution in [0.4, 0.5) is 11.4 Å². The maximum atomic E-state index is 13.1. The molecule has 1 amide bonds. The normalized spacial score (nSPS) is 16.1. The lowest BCUT2D eigenvalue weighted by atomic mass is 10.1. The van der Waals surface area contributed by atoms with Crippen LogP contribution >= 0.6 is 0 Å². The number of methoxy groups -OCH3 is 1. The summed E-state index contributed by atoms with van der Waals surface area (Å²) in [5.41, 5.74) is 11.3. The Morgan fingerprint density at radius 3 is 3.00 bits per heavy atom. The van der Waals surface area contributed by atoms with Gasteiger partial charge in [-0.1, -0.05) is 24.3 Å². The van der Waals surface area contributed by atoms with Crippen molar-refractivity contribution in [3.05, 3.63) is 65.6 Å². The number of ether oxygens (including phenoxy) is 1. The number of aromatic amines is 1. The van der Waals surface area contributed by atoms with E-state index in [4.69, 9.17) is 10.5 Å². The smallest absolute Gasteiger partial charge is 0.258 e. The van der Waals surface area contributed by atoms with Gasteiger partial charge in [-0.3, -0.25) is 9.48 Å². The summed E-state index contributed by atoms with van der Waals surface area (Å²) in [6, 6.07) is 10.2. The minimum absolute atomic E-state index is 0.110. The second kappa shape index (κ2) is 9.18. The number of nitrogens with one attached hydrogen (secondary N) is 2. The third kappa shape index (κ3) is 4.34. The SMILES string of the molecule is COc1cc(N2CCC[C@@H](N)C2)c2c(NC(=O)c3cnn(Cc4ccccc4C)c3)c[nH]c2n1. The predicted octanol–water partition coefficient (Wildman–Crippen LogP) is 3.30. The van der Waals surface area contributed by atoms with Crippen molar-refractivity contribution in [1.82, 2.24) is 19.7 Å². The third-order valence-corrected chi connectivity index (χ3v) is 6.34. The van der Waals surface area contributed by atoms with Gasteiger partial charge in [-0.25, -0.2) is 0 Å². The van der Waals surface area contributed by atoms with E-state index < -0.39 is 0 Å². The van der Waals surface area contributed by atoms with E-state index in [1.807, 2.05) is 18.2 Å². The topological polar surface area (TPSA) is 114 Å². The zero-order chi connectivity index (χ0) is 23.7. The Bertz CT molecular complexity index is 1330. The molecule has 3 aromatic heterocycles. The number of amides is 1. The highest BCUT2D eigenvalue weighted by atomic mass is 16.5. The molecule has 0 radical (unpaired) electrons. The van der Waals surface area contributed by atoms with Crippen LogP contribution in [0.25, 0.3) is 11.0 Å². The molecule has 1 aliphatic rings. The van der Waals surface area contributed by atoms with E-state index in [-0.39, 0.29) is 11.9 Å². The third-order valence-electron chi connectivity index (χ3n) is 6.34. The van der Waals surface area contributed by atoms with E-state index in [1.54, 1.807) is 30.4 Å². The standard InChI is InChI=1S/C25H29N7O2/c1-16-6-3-4-7-17(16)13-32-14-18(11-28-32)25(33)29-20-12-27-24-23(20)21(10-22(30-24)34-2)31-9-5-8-19(26)15-31/h3-4,6-7,10-12,14,19H,5,8-9,13,15,26H2,1-2H3,(H,27,30)(H,29,33)/t19-/m1/s1. The van der Waals surface area contributed by atoms with E-state index in [1.165, 1.54) is 11.1 Å². The van der Waals surface area contributed by atoms with Gasteiger partial charge >= 0.3 is 0 Å². The number of H-pyrrole nitrogens is 1. The van der Waals surface area contributed by atoms with Gasteiger partial charge in [0.1, 0.15) is 5.65 Å². The van der Waals surface area contributed by atoms with E-state index in [0.717, 1.165) is 37.0 Å². The molecule has 1 fully saturated rings.